The second kappa shape index (κ2) is 8.04. The van der Waals surface area contributed by atoms with Gasteiger partial charge in [0, 0.05) is 5.69 Å². The van der Waals surface area contributed by atoms with Gasteiger partial charge in [-0.15, -0.1) is 11.3 Å². The van der Waals surface area contributed by atoms with E-state index in [-0.39, 0.29) is 11.9 Å². The minimum atomic E-state index is -0.835. The van der Waals surface area contributed by atoms with Crippen LogP contribution in [0, 0.1) is 6.92 Å². The first-order valence-corrected chi connectivity index (χ1v) is 9.81. The summed E-state index contributed by atoms with van der Waals surface area (Å²) in [5, 5.41) is 12.3. The van der Waals surface area contributed by atoms with Crippen LogP contribution in [0.25, 0.3) is 10.2 Å². The Hall–Kier alpha value is -3.20. The number of nitrogens with one attached hydrogen (secondary N) is 1. The summed E-state index contributed by atoms with van der Waals surface area (Å²) in [4.78, 5) is 42.9. The summed E-state index contributed by atoms with van der Waals surface area (Å²) in [7, 11) is 0. The smallest absolute Gasteiger partial charge is 0.348 e. The number of carbonyl (C=O) groups is 2. The Bertz CT molecular complexity index is 1130. The largest absolute Gasteiger partial charge is 0.508 e. The number of aromatic nitrogens is 2. The van der Waals surface area contributed by atoms with E-state index in [1.54, 1.807) is 39.8 Å². The number of hydrogen-bond acceptors (Lipinski definition) is 7. The summed E-state index contributed by atoms with van der Waals surface area (Å²) in [6.45, 7) is 6.75. The lowest BCUT2D eigenvalue weighted by atomic mass is 10.2. The van der Waals surface area contributed by atoms with Gasteiger partial charge in [-0.25, -0.2) is 9.78 Å². The Balaban J connectivity index is 1.93. The molecule has 2 N–H and O–H groups in total. The van der Waals surface area contributed by atoms with Crippen molar-refractivity contribution in [1.29, 1.82) is 0 Å². The molecule has 1 amide bonds. The summed E-state index contributed by atoms with van der Waals surface area (Å²) in [6.07, 6.45) is 1.03. The molecule has 0 fully saturated rings. The molecule has 1 unspecified atom stereocenters. The van der Waals surface area contributed by atoms with E-state index in [0.717, 1.165) is 11.3 Å². The summed E-state index contributed by atoms with van der Waals surface area (Å²) < 4.78 is 6.46. The van der Waals surface area contributed by atoms with Crippen molar-refractivity contribution in [2.45, 2.75) is 39.8 Å². The third kappa shape index (κ3) is 4.14. The second-order valence-corrected chi connectivity index (χ2v) is 7.86. The maximum absolute atomic E-state index is 13.0. The van der Waals surface area contributed by atoms with Gasteiger partial charge in [-0.2, -0.15) is 0 Å². The number of ether oxygens (including phenoxy) is 1. The zero-order valence-electron chi connectivity index (χ0n) is 16.4. The number of hydrogen-bond donors (Lipinski definition) is 2. The summed E-state index contributed by atoms with van der Waals surface area (Å²) in [6, 6.07) is 5.18. The number of phenolic OH excluding ortho intramolecular Hbond substituents is 1. The number of nitrogens with zero attached hydrogens (tertiary/aromatic N) is 2. The van der Waals surface area contributed by atoms with E-state index in [0.29, 0.717) is 26.3 Å². The summed E-state index contributed by atoms with van der Waals surface area (Å²) >= 11 is 1.10. The first kappa shape index (κ1) is 20.5. The lowest BCUT2D eigenvalue weighted by molar-refractivity contribution is -0.118. The number of phenols is 1. The molecule has 2 aromatic heterocycles. The van der Waals surface area contributed by atoms with Gasteiger partial charge in [0.05, 0.1) is 17.8 Å². The van der Waals surface area contributed by atoms with Crippen molar-refractivity contribution in [3.8, 4) is 5.75 Å². The first-order chi connectivity index (χ1) is 13.7. The van der Waals surface area contributed by atoms with Gasteiger partial charge in [0.1, 0.15) is 21.5 Å². The molecule has 0 bridgehead atoms. The van der Waals surface area contributed by atoms with Gasteiger partial charge in [-0.3, -0.25) is 14.2 Å². The Morgan fingerprint density at radius 1 is 1.21 bits per heavy atom. The molecule has 3 rings (SSSR count). The number of aromatic hydroxyl groups is 1. The van der Waals surface area contributed by atoms with Crippen molar-refractivity contribution in [1.82, 2.24) is 9.55 Å². The monoisotopic (exact) mass is 415 g/mol. The summed E-state index contributed by atoms with van der Waals surface area (Å²) in [5.41, 5.74) is 0.585. The highest BCUT2D eigenvalue weighted by atomic mass is 32.1. The number of aryl methyl sites for hydroxylation is 1. The van der Waals surface area contributed by atoms with E-state index in [4.69, 9.17) is 4.74 Å². The second-order valence-electron chi connectivity index (χ2n) is 6.86. The zero-order chi connectivity index (χ0) is 21.3. The van der Waals surface area contributed by atoms with Crippen LogP contribution in [-0.4, -0.2) is 32.6 Å². The Kier molecular flexibility index (Phi) is 5.69. The maximum Gasteiger partial charge on any atom is 0.348 e. The van der Waals surface area contributed by atoms with E-state index < -0.39 is 23.5 Å². The highest BCUT2D eigenvalue weighted by Crippen LogP contribution is 2.28. The van der Waals surface area contributed by atoms with Crippen molar-refractivity contribution in [3.63, 3.8) is 0 Å². The molecular formula is C20H21N3O5S. The Morgan fingerprint density at radius 2 is 1.86 bits per heavy atom. The Labute approximate surface area is 170 Å². The number of benzene rings is 1. The van der Waals surface area contributed by atoms with Crippen LogP contribution in [0.3, 0.4) is 0 Å². The minimum absolute atomic E-state index is 0.0849. The van der Waals surface area contributed by atoms with Gasteiger partial charge >= 0.3 is 5.97 Å². The van der Waals surface area contributed by atoms with E-state index in [1.807, 2.05) is 0 Å². The molecule has 0 saturated carbocycles. The minimum Gasteiger partial charge on any atom is -0.508 e. The number of esters is 1. The van der Waals surface area contributed by atoms with Gasteiger partial charge in [0.2, 0.25) is 5.91 Å². The van der Waals surface area contributed by atoms with Crippen molar-refractivity contribution < 1.29 is 19.4 Å². The lowest BCUT2D eigenvalue weighted by Gasteiger charge is -2.15. The number of carbonyl (C=O) groups excluding carboxylic acids is 2. The third-order valence-corrected chi connectivity index (χ3v) is 5.52. The van der Waals surface area contributed by atoms with Gasteiger partial charge < -0.3 is 15.2 Å². The molecule has 0 saturated heterocycles. The maximum atomic E-state index is 13.0. The fraction of sp³-hybridized carbons (Fsp3) is 0.300. The van der Waals surface area contributed by atoms with Crippen LogP contribution in [0.15, 0.2) is 35.4 Å². The topological polar surface area (TPSA) is 111 Å². The molecule has 1 atom stereocenters. The van der Waals surface area contributed by atoms with Gasteiger partial charge in [0.25, 0.3) is 5.56 Å². The number of anilines is 1. The third-order valence-electron chi connectivity index (χ3n) is 4.34. The highest BCUT2D eigenvalue weighted by Gasteiger charge is 2.24. The van der Waals surface area contributed by atoms with Crippen LogP contribution >= 0.6 is 11.3 Å². The van der Waals surface area contributed by atoms with Crippen LogP contribution in [0.2, 0.25) is 0 Å². The molecule has 0 radical (unpaired) electrons. The number of amides is 1. The predicted octanol–water partition coefficient (Wildman–Crippen LogP) is 3.24. The van der Waals surface area contributed by atoms with E-state index in [9.17, 15) is 19.5 Å². The summed E-state index contributed by atoms with van der Waals surface area (Å²) in [5.74, 6) is -0.822. The standard InChI is InChI=1S/C20H21N3O5S/c1-10(2)28-20(27)16-11(3)15-18(29-16)21-9-23(19(15)26)12(4)17(25)22-13-5-7-14(24)8-6-13/h5-10,12,24H,1-4H3,(H,22,25). The zero-order valence-corrected chi connectivity index (χ0v) is 17.2. The highest BCUT2D eigenvalue weighted by molar-refractivity contribution is 7.20. The molecule has 152 valence electrons. The molecule has 8 nitrogen and oxygen atoms in total. The average Bonchev–Trinajstić information content (AvgIpc) is 3.00. The molecule has 1 aromatic carbocycles. The number of fused-ring (bicyclic) bond motifs is 1. The van der Waals surface area contributed by atoms with Gasteiger partial charge in [-0.1, -0.05) is 0 Å². The van der Waals surface area contributed by atoms with Crippen LogP contribution in [0.1, 0.15) is 42.0 Å². The van der Waals surface area contributed by atoms with E-state index in [2.05, 4.69) is 10.3 Å². The molecule has 3 aromatic rings. The molecule has 0 aliphatic rings. The van der Waals surface area contributed by atoms with Crippen molar-refractivity contribution in [2.75, 3.05) is 5.32 Å². The molecule has 29 heavy (non-hydrogen) atoms. The molecule has 0 aliphatic carbocycles. The van der Waals surface area contributed by atoms with Gasteiger partial charge in [0.15, 0.2) is 0 Å². The van der Waals surface area contributed by atoms with Crippen LogP contribution in [0.4, 0.5) is 5.69 Å². The average molecular weight is 415 g/mol. The Morgan fingerprint density at radius 3 is 2.48 bits per heavy atom. The fourth-order valence-corrected chi connectivity index (χ4v) is 3.82. The molecule has 9 heteroatoms. The van der Waals surface area contributed by atoms with Crippen LogP contribution < -0.4 is 10.9 Å². The molecule has 0 spiro atoms. The SMILES string of the molecule is Cc1c(C(=O)OC(C)C)sc2ncn(C(C)C(=O)Nc3ccc(O)cc3)c(=O)c12. The molecular weight excluding hydrogens is 394 g/mol. The number of rotatable bonds is 5. The normalized spacial score (nSPS) is 12.2. The van der Waals surface area contributed by atoms with Crippen molar-refractivity contribution in [2.24, 2.45) is 0 Å². The van der Waals surface area contributed by atoms with E-state index in [1.165, 1.54) is 23.0 Å². The molecule has 0 aliphatic heterocycles. The quantitative estimate of drug-likeness (QED) is 0.489. The number of thiophene rings is 1. The fourth-order valence-electron chi connectivity index (χ4n) is 2.79. The van der Waals surface area contributed by atoms with Crippen molar-refractivity contribution in [3.05, 3.63) is 51.4 Å². The van der Waals surface area contributed by atoms with Crippen molar-refractivity contribution >= 4 is 39.1 Å². The van der Waals surface area contributed by atoms with E-state index >= 15 is 0 Å². The van der Waals surface area contributed by atoms with Crippen LogP contribution in [0.5, 0.6) is 5.75 Å². The predicted molar refractivity (Wildman–Crippen MR) is 111 cm³/mol. The van der Waals surface area contributed by atoms with Crippen LogP contribution in [-0.2, 0) is 9.53 Å². The lowest BCUT2D eigenvalue weighted by Crippen LogP contribution is -2.31. The molecule has 2 heterocycles. The first-order valence-electron chi connectivity index (χ1n) is 9.00. The van der Waals surface area contributed by atoms with Gasteiger partial charge in [-0.05, 0) is 57.5 Å².